The van der Waals surface area contributed by atoms with Gasteiger partial charge in [-0.15, -0.1) is 35.0 Å². The largest absolute Gasteiger partial charge is 0.475 e. The fourth-order valence-corrected chi connectivity index (χ4v) is 1.29. The van der Waals surface area contributed by atoms with Gasteiger partial charge >= 0.3 is 0 Å². The highest BCUT2D eigenvalue weighted by atomic mass is 35.5. The third-order valence-corrected chi connectivity index (χ3v) is 2.34. The summed E-state index contributed by atoms with van der Waals surface area (Å²) in [6, 6.07) is 3.46. The lowest BCUT2D eigenvalue weighted by molar-refractivity contribution is 0.216. The van der Waals surface area contributed by atoms with Gasteiger partial charge in [-0.05, 0) is 19.2 Å². The number of anilines is 1. The van der Waals surface area contributed by atoms with Crippen molar-refractivity contribution in [1.29, 1.82) is 0 Å². The van der Waals surface area contributed by atoms with Gasteiger partial charge in [-0.1, -0.05) is 13.8 Å². The van der Waals surface area contributed by atoms with Crippen LogP contribution in [0, 0.1) is 0 Å². The van der Waals surface area contributed by atoms with Gasteiger partial charge in [0.2, 0.25) is 5.88 Å². The predicted octanol–water partition coefficient (Wildman–Crippen LogP) is 1.33. The van der Waals surface area contributed by atoms with Crippen LogP contribution in [0.25, 0.3) is 0 Å². The standard InChI is InChI=1S/C10H19N5O.2ClH/c1-3-15(4-2)7-8-16-10-6-5-9(12-11)13-14-10;;/h5-6H,3-4,7-8,11H2,1-2H3,(H,12,13);2*1H. The van der Waals surface area contributed by atoms with E-state index in [9.17, 15) is 0 Å². The van der Waals surface area contributed by atoms with Crippen LogP contribution in [0.1, 0.15) is 13.8 Å². The van der Waals surface area contributed by atoms with Crippen LogP contribution in [-0.4, -0.2) is 41.3 Å². The van der Waals surface area contributed by atoms with Crippen LogP contribution in [0.3, 0.4) is 0 Å². The molecule has 0 atom stereocenters. The number of likely N-dealkylation sites (N-methyl/N-ethyl adjacent to an activating group) is 1. The Balaban J connectivity index is 0. The molecule has 1 aromatic heterocycles. The molecule has 0 amide bonds. The maximum Gasteiger partial charge on any atom is 0.233 e. The number of ether oxygens (including phenoxy) is 1. The van der Waals surface area contributed by atoms with Crippen LogP contribution in [0.2, 0.25) is 0 Å². The Bertz CT molecular complexity index is 295. The molecule has 0 aliphatic carbocycles. The van der Waals surface area contributed by atoms with Crippen molar-refractivity contribution >= 4 is 30.6 Å². The highest BCUT2D eigenvalue weighted by Crippen LogP contribution is 2.06. The highest BCUT2D eigenvalue weighted by Gasteiger charge is 2.00. The number of nitrogen functional groups attached to an aromatic ring is 1. The molecule has 0 spiro atoms. The maximum absolute atomic E-state index is 5.46. The summed E-state index contributed by atoms with van der Waals surface area (Å²) in [7, 11) is 0. The van der Waals surface area contributed by atoms with Gasteiger partial charge in [0.25, 0.3) is 0 Å². The fourth-order valence-electron chi connectivity index (χ4n) is 1.29. The van der Waals surface area contributed by atoms with Crippen LogP contribution >= 0.6 is 24.8 Å². The second-order valence-corrected chi connectivity index (χ2v) is 3.28. The predicted molar refractivity (Wildman–Crippen MR) is 77.6 cm³/mol. The molecule has 18 heavy (non-hydrogen) atoms. The van der Waals surface area contributed by atoms with Crippen molar-refractivity contribution in [3.05, 3.63) is 12.1 Å². The zero-order chi connectivity index (χ0) is 11.8. The number of nitrogens with two attached hydrogens (primary N) is 1. The first-order chi connectivity index (χ1) is 7.80. The summed E-state index contributed by atoms with van der Waals surface area (Å²) in [6.07, 6.45) is 0. The molecule has 8 heteroatoms. The van der Waals surface area contributed by atoms with E-state index in [4.69, 9.17) is 10.6 Å². The molecule has 0 saturated heterocycles. The second kappa shape index (κ2) is 11.3. The SMILES string of the molecule is CCN(CC)CCOc1ccc(NN)nn1.Cl.Cl. The molecule has 6 nitrogen and oxygen atoms in total. The average molecular weight is 298 g/mol. The molecule has 0 radical (unpaired) electrons. The van der Waals surface area contributed by atoms with Crippen LogP contribution in [0.4, 0.5) is 5.82 Å². The molecule has 106 valence electrons. The van der Waals surface area contributed by atoms with Gasteiger partial charge in [0.1, 0.15) is 6.61 Å². The van der Waals surface area contributed by atoms with E-state index in [-0.39, 0.29) is 24.8 Å². The molecular formula is C10H21Cl2N5O. The number of nitrogens with one attached hydrogen (secondary N) is 1. The Morgan fingerprint density at radius 1 is 1.22 bits per heavy atom. The zero-order valence-electron chi connectivity index (χ0n) is 10.6. The van der Waals surface area contributed by atoms with Gasteiger partial charge < -0.3 is 15.1 Å². The number of rotatable bonds is 7. The molecule has 0 aromatic carbocycles. The molecule has 0 aliphatic rings. The van der Waals surface area contributed by atoms with Gasteiger partial charge in [0, 0.05) is 12.6 Å². The first-order valence-corrected chi connectivity index (χ1v) is 5.45. The normalized spacial score (nSPS) is 9.33. The van der Waals surface area contributed by atoms with Crippen molar-refractivity contribution in [1.82, 2.24) is 15.1 Å². The Morgan fingerprint density at radius 3 is 2.33 bits per heavy atom. The van der Waals surface area contributed by atoms with Gasteiger partial charge in [0.05, 0.1) is 0 Å². The molecule has 0 aliphatic heterocycles. The van der Waals surface area contributed by atoms with E-state index >= 15 is 0 Å². The van der Waals surface area contributed by atoms with Crippen LogP contribution < -0.4 is 16.0 Å². The molecular weight excluding hydrogens is 277 g/mol. The molecule has 0 bridgehead atoms. The van der Waals surface area contributed by atoms with Gasteiger partial charge in [0.15, 0.2) is 5.82 Å². The monoisotopic (exact) mass is 297 g/mol. The summed E-state index contributed by atoms with van der Waals surface area (Å²) in [6.45, 7) is 7.83. The van der Waals surface area contributed by atoms with Gasteiger partial charge in [-0.3, -0.25) is 0 Å². The van der Waals surface area contributed by atoms with E-state index in [2.05, 4.69) is 34.4 Å². The van der Waals surface area contributed by atoms with E-state index in [0.29, 0.717) is 18.3 Å². The van der Waals surface area contributed by atoms with Crippen molar-refractivity contribution in [2.45, 2.75) is 13.8 Å². The van der Waals surface area contributed by atoms with Gasteiger partial charge in [-0.2, -0.15) is 0 Å². The van der Waals surface area contributed by atoms with Crippen molar-refractivity contribution in [3.8, 4) is 5.88 Å². The Morgan fingerprint density at radius 2 is 1.89 bits per heavy atom. The topological polar surface area (TPSA) is 76.3 Å². The molecule has 0 fully saturated rings. The number of halogens is 2. The summed E-state index contributed by atoms with van der Waals surface area (Å²) >= 11 is 0. The van der Waals surface area contributed by atoms with Crippen molar-refractivity contribution in [2.75, 3.05) is 31.7 Å². The summed E-state index contributed by atoms with van der Waals surface area (Å²) in [5, 5.41) is 7.68. The first kappa shape index (κ1) is 19.5. The van der Waals surface area contributed by atoms with E-state index < -0.39 is 0 Å². The van der Waals surface area contributed by atoms with E-state index in [0.717, 1.165) is 19.6 Å². The number of hydrogen-bond donors (Lipinski definition) is 2. The zero-order valence-corrected chi connectivity index (χ0v) is 12.3. The smallest absolute Gasteiger partial charge is 0.233 e. The third-order valence-electron chi connectivity index (χ3n) is 2.34. The lowest BCUT2D eigenvalue weighted by atomic mass is 10.5. The summed E-state index contributed by atoms with van der Waals surface area (Å²) < 4.78 is 5.46. The fraction of sp³-hybridized carbons (Fsp3) is 0.600. The first-order valence-electron chi connectivity index (χ1n) is 5.45. The van der Waals surface area contributed by atoms with Crippen LogP contribution in [0.15, 0.2) is 12.1 Å². The Kier molecular flexibility index (Phi) is 12.2. The summed E-state index contributed by atoms with van der Waals surface area (Å²) in [5.74, 6) is 6.22. The lowest BCUT2D eigenvalue weighted by Crippen LogP contribution is -2.28. The minimum atomic E-state index is 0. The number of aromatic nitrogens is 2. The van der Waals surface area contributed by atoms with Gasteiger partial charge in [-0.25, -0.2) is 5.84 Å². The minimum Gasteiger partial charge on any atom is -0.475 e. The second-order valence-electron chi connectivity index (χ2n) is 3.28. The van der Waals surface area contributed by atoms with Crippen molar-refractivity contribution < 1.29 is 4.74 Å². The number of hydrazine groups is 1. The van der Waals surface area contributed by atoms with E-state index in [1.54, 1.807) is 12.1 Å². The molecule has 1 aromatic rings. The van der Waals surface area contributed by atoms with Crippen molar-refractivity contribution in [2.24, 2.45) is 5.84 Å². The molecule has 0 unspecified atom stereocenters. The molecule has 1 rings (SSSR count). The number of hydrogen-bond acceptors (Lipinski definition) is 6. The lowest BCUT2D eigenvalue weighted by Gasteiger charge is -2.17. The molecule has 3 N–H and O–H groups in total. The highest BCUT2D eigenvalue weighted by molar-refractivity contribution is 5.85. The molecule has 1 heterocycles. The Labute approximate surface area is 120 Å². The summed E-state index contributed by atoms with van der Waals surface area (Å²) in [5.41, 5.74) is 2.41. The van der Waals surface area contributed by atoms with E-state index in [1.165, 1.54) is 0 Å². The molecule has 0 saturated carbocycles. The number of nitrogens with zero attached hydrogens (tertiary/aromatic N) is 3. The maximum atomic E-state index is 5.46. The summed E-state index contributed by atoms with van der Waals surface area (Å²) in [4.78, 5) is 2.28. The van der Waals surface area contributed by atoms with Crippen LogP contribution in [0.5, 0.6) is 5.88 Å². The van der Waals surface area contributed by atoms with Crippen molar-refractivity contribution in [3.63, 3.8) is 0 Å². The quantitative estimate of drug-likeness (QED) is 0.584. The average Bonchev–Trinajstić information content (AvgIpc) is 2.35. The Hall–Kier alpha value is -0.820. The van der Waals surface area contributed by atoms with Crippen LogP contribution in [-0.2, 0) is 0 Å². The van der Waals surface area contributed by atoms with E-state index in [1.807, 2.05) is 0 Å². The minimum absolute atomic E-state index is 0. The third kappa shape index (κ3) is 6.80.